The summed E-state index contributed by atoms with van der Waals surface area (Å²) in [4.78, 5) is 12.4. The number of ether oxygens (including phenoxy) is 1. The monoisotopic (exact) mass is 288 g/mol. The molecule has 0 heterocycles. The van der Waals surface area contributed by atoms with Crippen molar-refractivity contribution in [1.82, 2.24) is 0 Å². The van der Waals surface area contributed by atoms with Crippen LogP contribution in [0.1, 0.15) is 49.5 Å². The van der Waals surface area contributed by atoms with Gasteiger partial charge in [-0.1, -0.05) is 32.0 Å². The van der Waals surface area contributed by atoms with Crippen molar-refractivity contribution in [3.63, 3.8) is 0 Å². The first kappa shape index (κ1) is 14.6. The Morgan fingerprint density at radius 3 is 2.57 bits per heavy atom. The molecule has 1 aromatic rings. The van der Waals surface area contributed by atoms with E-state index in [1.165, 1.54) is 0 Å². The quantitative estimate of drug-likeness (QED) is 0.849. The van der Waals surface area contributed by atoms with Crippen molar-refractivity contribution in [2.45, 2.75) is 52.2 Å². The predicted octanol–water partition coefficient (Wildman–Crippen LogP) is 3.34. The van der Waals surface area contributed by atoms with Gasteiger partial charge in [-0.2, -0.15) is 0 Å². The molecule has 0 amide bonds. The Bertz CT molecular complexity index is 574. The molecule has 0 spiro atoms. The highest BCUT2D eigenvalue weighted by molar-refractivity contribution is 5.91. The lowest BCUT2D eigenvalue weighted by molar-refractivity contribution is -0.0986. The average molecular weight is 288 g/mol. The van der Waals surface area contributed by atoms with Crippen LogP contribution in [-0.4, -0.2) is 22.8 Å². The fraction of sp³-hybridized carbons (Fsp3) is 0.611. The number of carbonyl (C=O) groups excluding carboxylic acids is 1. The highest BCUT2D eigenvalue weighted by Crippen LogP contribution is 2.66. The summed E-state index contributed by atoms with van der Waals surface area (Å²) >= 11 is 0. The van der Waals surface area contributed by atoms with Gasteiger partial charge in [0.2, 0.25) is 0 Å². The second-order valence-electron chi connectivity index (χ2n) is 7.54. The second kappa shape index (κ2) is 4.57. The number of carbonyl (C=O) groups is 1. The van der Waals surface area contributed by atoms with E-state index < -0.39 is 11.7 Å². The lowest BCUT2D eigenvalue weighted by Crippen LogP contribution is -2.45. The van der Waals surface area contributed by atoms with E-state index in [1.807, 2.05) is 25.1 Å². The summed E-state index contributed by atoms with van der Waals surface area (Å²) in [5, 5.41) is 10.7. The summed E-state index contributed by atoms with van der Waals surface area (Å²) in [6.07, 6.45) is 1.08. The zero-order valence-electron chi connectivity index (χ0n) is 13.2. The minimum atomic E-state index is -0.923. The van der Waals surface area contributed by atoms with Crippen molar-refractivity contribution in [1.29, 1.82) is 0 Å². The SMILES string of the molecule is Cc1ccccc1C(=O)O[C@@H]1C[C@@H]2[C@H](C[C@@]1(C)O)C2(C)C. The molecule has 21 heavy (non-hydrogen) atoms. The largest absolute Gasteiger partial charge is 0.456 e. The molecule has 3 heteroatoms. The van der Waals surface area contributed by atoms with E-state index in [2.05, 4.69) is 13.8 Å². The lowest BCUT2D eigenvalue weighted by atomic mass is 9.83. The van der Waals surface area contributed by atoms with Crippen molar-refractivity contribution >= 4 is 5.97 Å². The number of hydrogen-bond acceptors (Lipinski definition) is 3. The molecule has 3 rings (SSSR count). The number of aryl methyl sites for hydroxylation is 1. The molecule has 0 bridgehead atoms. The maximum atomic E-state index is 12.4. The van der Waals surface area contributed by atoms with Gasteiger partial charge in [0.25, 0.3) is 0 Å². The van der Waals surface area contributed by atoms with Gasteiger partial charge in [0, 0.05) is 0 Å². The molecule has 2 saturated carbocycles. The van der Waals surface area contributed by atoms with Crippen LogP contribution in [0.2, 0.25) is 0 Å². The van der Waals surface area contributed by atoms with E-state index in [-0.39, 0.29) is 11.4 Å². The summed E-state index contributed by atoms with van der Waals surface area (Å²) in [5.41, 5.74) is 0.842. The zero-order valence-corrected chi connectivity index (χ0v) is 13.2. The third-order valence-corrected chi connectivity index (χ3v) is 5.70. The van der Waals surface area contributed by atoms with Gasteiger partial charge >= 0.3 is 5.97 Å². The summed E-state index contributed by atoms with van der Waals surface area (Å²) < 4.78 is 5.67. The van der Waals surface area contributed by atoms with E-state index in [0.717, 1.165) is 18.4 Å². The van der Waals surface area contributed by atoms with Gasteiger partial charge in [0.15, 0.2) is 0 Å². The third-order valence-electron chi connectivity index (χ3n) is 5.70. The van der Waals surface area contributed by atoms with Gasteiger partial charge in [-0.05, 0) is 55.6 Å². The fourth-order valence-corrected chi connectivity index (χ4v) is 3.96. The molecule has 2 aliphatic rings. The molecule has 1 aromatic carbocycles. The van der Waals surface area contributed by atoms with Crippen LogP contribution in [0.15, 0.2) is 24.3 Å². The first-order valence-corrected chi connectivity index (χ1v) is 7.72. The second-order valence-corrected chi connectivity index (χ2v) is 7.54. The van der Waals surface area contributed by atoms with Crippen LogP contribution in [-0.2, 0) is 4.74 Å². The molecule has 4 atom stereocenters. The van der Waals surface area contributed by atoms with Crippen LogP contribution < -0.4 is 0 Å². The van der Waals surface area contributed by atoms with Crippen molar-refractivity contribution in [3.8, 4) is 0 Å². The van der Waals surface area contributed by atoms with E-state index in [9.17, 15) is 9.90 Å². The molecule has 0 saturated heterocycles. The first-order chi connectivity index (χ1) is 9.73. The Labute approximate surface area is 126 Å². The summed E-state index contributed by atoms with van der Waals surface area (Å²) in [6, 6.07) is 7.41. The topological polar surface area (TPSA) is 46.5 Å². The number of fused-ring (bicyclic) bond motifs is 1. The molecule has 0 aliphatic heterocycles. The molecule has 2 aliphatic carbocycles. The molecular formula is C18H24O3. The fourth-order valence-electron chi connectivity index (χ4n) is 3.96. The molecular weight excluding hydrogens is 264 g/mol. The van der Waals surface area contributed by atoms with Crippen LogP contribution in [0.25, 0.3) is 0 Å². The summed E-state index contributed by atoms with van der Waals surface area (Å²) in [6.45, 7) is 8.18. The van der Waals surface area contributed by atoms with Gasteiger partial charge in [-0.3, -0.25) is 0 Å². The Hall–Kier alpha value is -1.35. The van der Waals surface area contributed by atoms with Gasteiger partial charge in [0.1, 0.15) is 6.10 Å². The van der Waals surface area contributed by atoms with Gasteiger partial charge in [-0.25, -0.2) is 4.79 Å². The first-order valence-electron chi connectivity index (χ1n) is 7.72. The van der Waals surface area contributed by atoms with Crippen LogP contribution >= 0.6 is 0 Å². The van der Waals surface area contributed by atoms with E-state index in [0.29, 0.717) is 17.4 Å². The zero-order chi connectivity index (χ0) is 15.4. The summed E-state index contributed by atoms with van der Waals surface area (Å²) in [5.74, 6) is 0.795. The lowest BCUT2D eigenvalue weighted by Gasteiger charge is -2.36. The number of aliphatic hydroxyl groups is 1. The van der Waals surface area contributed by atoms with Crippen LogP contribution in [0, 0.1) is 24.2 Å². The summed E-state index contributed by atoms with van der Waals surface area (Å²) in [7, 11) is 0. The average Bonchev–Trinajstić information content (AvgIpc) is 2.90. The molecule has 0 radical (unpaired) electrons. The predicted molar refractivity (Wildman–Crippen MR) is 81.0 cm³/mol. The number of benzene rings is 1. The Morgan fingerprint density at radius 1 is 1.24 bits per heavy atom. The highest BCUT2D eigenvalue weighted by atomic mass is 16.6. The van der Waals surface area contributed by atoms with Gasteiger partial charge in [-0.15, -0.1) is 0 Å². The Kier molecular flexibility index (Phi) is 3.17. The maximum absolute atomic E-state index is 12.4. The normalized spacial score (nSPS) is 36.7. The maximum Gasteiger partial charge on any atom is 0.338 e. The highest BCUT2D eigenvalue weighted by Gasteiger charge is 2.64. The molecule has 1 N–H and O–H groups in total. The Balaban J connectivity index is 1.75. The molecule has 2 fully saturated rings. The third kappa shape index (κ3) is 2.38. The van der Waals surface area contributed by atoms with E-state index in [1.54, 1.807) is 13.0 Å². The molecule has 114 valence electrons. The van der Waals surface area contributed by atoms with E-state index in [4.69, 9.17) is 4.74 Å². The molecule has 0 unspecified atom stereocenters. The van der Waals surface area contributed by atoms with Crippen LogP contribution in [0.4, 0.5) is 0 Å². The number of esters is 1. The van der Waals surface area contributed by atoms with Gasteiger partial charge < -0.3 is 9.84 Å². The standard InChI is InChI=1S/C18H24O3/c1-11-7-5-6-8-12(11)16(19)21-15-9-13-14(17(13,2)3)10-18(15,4)20/h5-8,13-15,20H,9-10H2,1-4H3/t13-,14+,15-,18-/m1/s1. The van der Waals surface area contributed by atoms with Crippen molar-refractivity contribution in [2.24, 2.45) is 17.3 Å². The Morgan fingerprint density at radius 2 is 1.90 bits per heavy atom. The van der Waals surface area contributed by atoms with Crippen LogP contribution in [0.3, 0.4) is 0 Å². The van der Waals surface area contributed by atoms with Crippen molar-refractivity contribution in [2.75, 3.05) is 0 Å². The van der Waals surface area contributed by atoms with Gasteiger partial charge in [0.05, 0.1) is 11.2 Å². The number of rotatable bonds is 2. The molecule has 0 aromatic heterocycles. The minimum absolute atomic E-state index is 0.272. The van der Waals surface area contributed by atoms with E-state index >= 15 is 0 Å². The van der Waals surface area contributed by atoms with Crippen molar-refractivity contribution < 1.29 is 14.6 Å². The van der Waals surface area contributed by atoms with Crippen molar-refractivity contribution in [3.05, 3.63) is 35.4 Å². The number of hydrogen-bond donors (Lipinski definition) is 1. The van der Waals surface area contributed by atoms with Crippen LogP contribution in [0.5, 0.6) is 0 Å². The molecule has 3 nitrogen and oxygen atoms in total. The smallest absolute Gasteiger partial charge is 0.338 e. The minimum Gasteiger partial charge on any atom is -0.456 e.